The van der Waals surface area contributed by atoms with E-state index in [2.05, 4.69) is 15.5 Å². The van der Waals surface area contributed by atoms with E-state index in [4.69, 9.17) is 4.74 Å². The zero-order valence-electron chi connectivity index (χ0n) is 17.2. The third kappa shape index (κ3) is 4.70. The summed E-state index contributed by atoms with van der Waals surface area (Å²) in [7, 11) is 0. The highest BCUT2D eigenvalue weighted by Gasteiger charge is 2.33. The minimum atomic E-state index is -0.426. The predicted molar refractivity (Wildman–Crippen MR) is 111 cm³/mol. The number of nitro benzene ring substituents is 1. The van der Waals surface area contributed by atoms with E-state index >= 15 is 0 Å². The number of para-hydroxylation sites is 2. The standard InChI is InChI=1S/C20H27N5O5/c1-3-14-18(19(26)30-4-2)15(22-20(27)21-14)13-23-9-11-24(12-10-23)16-7-5-6-8-17(16)25(28)29/h5-8,14H,3-4,9-13H2,1-2H3,(H2,21,22,27). The molecule has 10 heteroatoms. The van der Waals surface area contributed by atoms with Gasteiger partial charge in [0.05, 0.1) is 23.1 Å². The number of nitrogens with one attached hydrogen (secondary N) is 2. The molecule has 2 amide bonds. The predicted octanol–water partition coefficient (Wildman–Crippen LogP) is 1.63. The van der Waals surface area contributed by atoms with E-state index in [0.29, 0.717) is 56.1 Å². The molecule has 2 heterocycles. The molecular formula is C20H27N5O5. The van der Waals surface area contributed by atoms with Gasteiger partial charge in [-0.25, -0.2) is 9.59 Å². The number of nitrogens with zero attached hydrogens (tertiary/aromatic N) is 3. The number of carbonyl (C=O) groups excluding carboxylic acids is 2. The molecule has 1 aromatic carbocycles. The van der Waals surface area contributed by atoms with Crippen molar-refractivity contribution in [3.63, 3.8) is 0 Å². The van der Waals surface area contributed by atoms with Crippen molar-refractivity contribution in [2.75, 3.05) is 44.2 Å². The topological polar surface area (TPSA) is 117 Å². The average Bonchev–Trinajstić information content (AvgIpc) is 2.74. The molecule has 1 fully saturated rings. The van der Waals surface area contributed by atoms with Gasteiger partial charge in [-0.3, -0.25) is 15.0 Å². The number of ether oxygens (including phenoxy) is 1. The second kappa shape index (κ2) is 9.57. The van der Waals surface area contributed by atoms with Crippen LogP contribution in [-0.2, 0) is 9.53 Å². The fourth-order valence-corrected chi connectivity index (χ4v) is 3.84. The summed E-state index contributed by atoms with van der Waals surface area (Å²) in [6, 6.07) is 6.00. The van der Waals surface area contributed by atoms with Crippen molar-refractivity contribution in [3.8, 4) is 0 Å². The number of hydrogen-bond donors (Lipinski definition) is 2. The van der Waals surface area contributed by atoms with Crippen LogP contribution in [0.25, 0.3) is 0 Å². The number of esters is 1. The van der Waals surface area contributed by atoms with E-state index in [0.717, 1.165) is 0 Å². The number of hydrogen-bond acceptors (Lipinski definition) is 7. The first-order chi connectivity index (χ1) is 14.4. The second-order valence-electron chi connectivity index (χ2n) is 7.18. The van der Waals surface area contributed by atoms with E-state index in [1.54, 1.807) is 25.1 Å². The van der Waals surface area contributed by atoms with Gasteiger partial charge in [-0.2, -0.15) is 0 Å². The maximum absolute atomic E-state index is 12.5. The van der Waals surface area contributed by atoms with Crippen LogP contribution >= 0.6 is 0 Å². The summed E-state index contributed by atoms with van der Waals surface area (Å²) >= 11 is 0. The number of rotatable bonds is 7. The Hall–Kier alpha value is -3.14. The van der Waals surface area contributed by atoms with Crippen molar-refractivity contribution < 1.29 is 19.2 Å². The summed E-state index contributed by atoms with van der Waals surface area (Å²) in [6.07, 6.45) is 0.580. The number of benzene rings is 1. The highest BCUT2D eigenvalue weighted by molar-refractivity contribution is 5.94. The lowest BCUT2D eigenvalue weighted by Gasteiger charge is -2.37. The van der Waals surface area contributed by atoms with Crippen molar-refractivity contribution in [2.24, 2.45) is 0 Å². The Morgan fingerprint density at radius 3 is 2.57 bits per heavy atom. The first-order valence-corrected chi connectivity index (χ1v) is 10.1. The minimum absolute atomic E-state index is 0.0923. The molecule has 0 bridgehead atoms. The molecule has 162 valence electrons. The van der Waals surface area contributed by atoms with Crippen LogP contribution in [0.5, 0.6) is 0 Å². The number of carbonyl (C=O) groups is 2. The highest BCUT2D eigenvalue weighted by Crippen LogP contribution is 2.28. The Bertz CT molecular complexity index is 848. The minimum Gasteiger partial charge on any atom is -0.463 e. The molecule has 0 spiro atoms. The van der Waals surface area contributed by atoms with Crippen LogP contribution in [0.2, 0.25) is 0 Å². The molecule has 2 N–H and O–H groups in total. The van der Waals surface area contributed by atoms with Gasteiger partial charge in [-0.15, -0.1) is 0 Å². The third-order valence-electron chi connectivity index (χ3n) is 5.32. The Balaban J connectivity index is 1.73. The highest BCUT2D eigenvalue weighted by atomic mass is 16.6. The molecule has 30 heavy (non-hydrogen) atoms. The van der Waals surface area contributed by atoms with Crippen LogP contribution < -0.4 is 15.5 Å². The molecule has 2 aliphatic heterocycles. The van der Waals surface area contributed by atoms with Crippen molar-refractivity contribution >= 4 is 23.4 Å². The number of anilines is 1. The van der Waals surface area contributed by atoms with Crippen LogP contribution in [0.15, 0.2) is 35.5 Å². The molecule has 10 nitrogen and oxygen atoms in total. The number of nitro groups is 1. The van der Waals surface area contributed by atoms with E-state index < -0.39 is 5.97 Å². The van der Waals surface area contributed by atoms with E-state index in [1.165, 1.54) is 6.07 Å². The molecular weight excluding hydrogens is 390 g/mol. The van der Waals surface area contributed by atoms with Gasteiger partial charge < -0.3 is 20.3 Å². The summed E-state index contributed by atoms with van der Waals surface area (Å²) in [5.41, 5.74) is 1.72. The fraction of sp³-hybridized carbons (Fsp3) is 0.500. The van der Waals surface area contributed by atoms with Gasteiger partial charge in [0.1, 0.15) is 5.69 Å². The first-order valence-electron chi connectivity index (χ1n) is 10.1. The molecule has 1 saturated heterocycles. The summed E-state index contributed by atoms with van der Waals surface area (Å²) in [5, 5.41) is 16.8. The van der Waals surface area contributed by atoms with Crippen molar-refractivity contribution in [3.05, 3.63) is 45.6 Å². The van der Waals surface area contributed by atoms with Gasteiger partial charge in [0.25, 0.3) is 5.69 Å². The Labute approximate surface area is 175 Å². The number of piperazine rings is 1. The maximum Gasteiger partial charge on any atom is 0.337 e. The van der Waals surface area contributed by atoms with Crippen LogP contribution in [0.1, 0.15) is 20.3 Å². The summed E-state index contributed by atoms with van der Waals surface area (Å²) < 4.78 is 5.20. The maximum atomic E-state index is 12.5. The van der Waals surface area contributed by atoms with E-state index in [9.17, 15) is 19.7 Å². The van der Waals surface area contributed by atoms with Gasteiger partial charge in [0.2, 0.25) is 0 Å². The van der Waals surface area contributed by atoms with Crippen molar-refractivity contribution in [1.29, 1.82) is 0 Å². The van der Waals surface area contributed by atoms with Gasteiger partial charge in [0.15, 0.2) is 0 Å². The fourth-order valence-electron chi connectivity index (χ4n) is 3.84. The van der Waals surface area contributed by atoms with Crippen molar-refractivity contribution in [1.82, 2.24) is 15.5 Å². The van der Waals surface area contributed by atoms with E-state index in [-0.39, 0.29) is 29.3 Å². The smallest absolute Gasteiger partial charge is 0.337 e. The second-order valence-corrected chi connectivity index (χ2v) is 7.18. The summed E-state index contributed by atoms with van der Waals surface area (Å²) in [5.74, 6) is -0.426. The molecule has 0 radical (unpaired) electrons. The Kier molecular flexibility index (Phi) is 6.88. The van der Waals surface area contributed by atoms with Crippen LogP contribution in [-0.4, -0.2) is 67.2 Å². The largest absolute Gasteiger partial charge is 0.463 e. The molecule has 3 rings (SSSR count). The zero-order valence-corrected chi connectivity index (χ0v) is 17.2. The molecule has 1 aromatic rings. The van der Waals surface area contributed by atoms with Gasteiger partial charge in [-0.05, 0) is 19.4 Å². The molecule has 0 aromatic heterocycles. The number of amides is 2. The van der Waals surface area contributed by atoms with Gasteiger partial charge in [-0.1, -0.05) is 19.1 Å². The average molecular weight is 417 g/mol. The SMILES string of the molecule is CCOC(=O)C1=C(CN2CCN(c3ccccc3[N+](=O)[O-])CC2)NC(=O)NC1CC. The normalized spacial score (nSPS) is 19.9. The molecule has 1 atom stereocenters. The van der Waals surface area contributed by atoms with Crippen molar-refractivity contribution in [2.45, 2.75) is 26.3 Å². The Morgan fingerprint density at radius 2 is 1.93 bits per heavy atom. The monoisotopic (exact) mass is 417 g/mol. The summed E-state index contributed by atoms with van der Waals surface area (Å²) in [4.78, 5) is 39.6. The van der Waals surface area contributed by atoms with Gasteiger partial charge >= 0.3 is 12.0 Å². The van der Waals surface area contributed by atoms with E-state index in [1.807, 2.05) is 11.8 Å². The lowest BCUT2D eigenvalue weighted by Crippen LogP contribution is -2.54. The first kappa shape index (κ1) is 21.6. The lowest BCUT2D eigenvalue weighted by atomic mass is 10.00. The molecule has 2 aliphatic rings. The quantitative estimate of drug-likeness (QED) is 0.393. The zero-order chi connectivity index (χ0) is 21.7. The summed E-state index contributed by atoms with van der Waals surface area (Å²) in [6.45, 7) is 6.82. The Morgan fingerprint density at radius 1 is 1.23 bits per heavy atom. The van der Waals surface area contributed by atoms with Crippen LogP contribution in [0.4, 0.5) is 16.2 Å². The molecule has 0 saturated carbocycles. The van der Waals surface area contributed by atoms with Crippen LogP contribution in [0, 0.1) is 10.1 Å². The van der Waals surface area contributed by atoms with Gasteiger partial charge in [0, 0.05) is 44.5 Å². The molecule has 1 unspecified atom stereocenters. The lowest BCUT2D eigenvalue weighted by molar-refractivity contribution is -0.384. The number of urea groups is 1. The third-order valence-corrected chi connectivity index (χ3v) is 5.32. The van der Waals surface area contributed by atoms with Crippen LogP contribution in [0.3, 0.4) is 0 Å². The molecule has 0 aliphatic carbocycles.